The van der Waals surface area contributed by atoms with Gasteiger partial charge in [-0.2, -0.15) is 0 Å². The third-order valence-corrected chi connectivity index (χ3v) is 9.96. The van der Waals surface area contributed by atoms with Crippen LogP contribution in [-0.4, -0.2) is 4.57 Å². The molecule has 0 unspecified atom stereocenters. The molecule has 0 N–H and O–H groups in total. The zero-order chi connectivity index (χ0) is 30.5. The normalized spacial score (nSPS) is 11.5. The Bertz CT molecular complexity index is 2430. The second kappa shape index (κ2) is 11.0. The van der Waals surface area contributed by atoms with Gasteiger partial charge in [-0.05, 0) is 92.4 Å². The Morgan fingerprint density at radius 3 is 1.48 bits per heavy atom. The van der Waals surface area contributed by atoms with Crippen molar-refractivity contribution >= 4 is 43.2 Å². The smallest absolute Gasteiger partial charge is 0.0627 e. The maximum atomic E-state index is 2.49. The Labute approximate surface area is 272 Å². The summed E-state index contributed by atoms with van der Waals surface area (Å²) in [5, 5.41) is 6.04. The first kappa shape index (κ1) is 26.7. The topological polar surface area (TPSA) is 4.93 Å². The van der Waals surface area contributed by atoms with Crippen molar-refractivity contribution in [3.05, 3.63) is 175 Å². The second-order valence-corrected chi connectivity index (χ2v) is 12.8. The van der Waals surface area contributed by atoms with E-state index in [1.165, 1.54) is 82.1 Å². The van der Waals surface area contributed by atoms with Gasteiger partial charge in [-0.3, -0.25) is 0 Å². The number of hydrogen-bond acceptors (Lipinski definition) is 1. The molecule has 0 amide bonds. The Balaban J connectivity index is 1.28. The highest BCUT2D eigenvalue weighted by atomic mass is 32.1. The molecule has 2 aromatic heterocycles. The van der Waals surface area contributed by atoms with E-state index in [1.807, 2.05) is 0 Å². The van der Waals surface area contributed by atoms with Gasteiger partial charge in [0, 0.05) is 26.5 Å². The summed E-state index contributed by atoms with van der Waals surface area (Å²) in [4.78, 5) is 0. The summed E-state index contributed by atoms with van der Waals surface area (Å²) in [5.74, 6) is 0. The zero-order valence-corrected chi connectivity index (χ0v) is 25.9. The van der Waals surface area contributed by atoms with Gasteiger partial charge >= 0.3 is 0 Å². The maximum absolute atomic E-state index is 2.49. The third-order valence-electron chi connectivity index (χ3n) is 9.07. The first-order chi connectivity index (χ1) is 22.8. The highest BCUT2D eigenvalue weighted by Crippen LogP contribution is 2.41. The van der Waals surface area contributed by atoms with E-state index in [9.17, 15) is 0 Å². The second-order valence-electron chi connectivity index (χ2n) is 11.8. The number of nitrogens with zero attached hydrogens (tertiary/aromatic N) is 1. The molecule has 216 valence electrons. The van der Waals surface area contributed by atoms with Gasteiger partial charge in [0.1, 0.15) is 0 Å². The van der Waals surface area contributed by atoms with Crippen LogP contribution in [0.2, 0.25) is 0 Å². The van der Waals surface area contributed by atoms with Gasteiger partial charge in [0.25, 0.3) is 0 Å². The van der Waals surface area contributed by atoms with Gasteiger partial charge < -0.3 is 4.57 Å². The van der Waals surface area contributed by atoms with Crippen molar-refractivity contribution in [2.75, 3.05) is 0 Å². The van der Waals surface area contributed by atoms with E-state index >= 15 is 0 Å². The fourth-order valence-electron chi connectivity index (χ4n) is 6.82. The minimum absolute atomic E-state index is 1.17. The molecule has 46 heavy (non-hydrogen) atoms. The van der Waals surface area contributed by atoms with Crippen LogP contribution in [0.4, 0.5) is 0 Å². The number of benzene rings is 7. The molecule has 0 bridgehead atoms. The van der Waals surface area contributed by atoms with Crippen molar-refractivity contribution < 1.29 is 0 Å². The highest BCUT2D eigenvalue weighted by molar-refractivity contribution is 7.17. The average molecular weight is 604 g/mol. The summed E-state index contributed by atoms with van der Waals surface area (Å²) in [6.45, 7) is 0. The lowest BCUT2D eigenvalue weighted by atomic mass is 9.98. The number of rotatable bonds is 5. The molecule has 2 heteroatoms. The van der Waals surface area contributed by atoms with E-state index in [1.54, 1.807) is 11.3 Å². The fourth-order valence-corrected chi connectivity index (χ4v) is 7.61. The van der Waals surface area contributed by atoms with E-state index in [-0.39, 0.29) is 0 Å². The van der Waals surface area contributed by atoms with Crippen LogP contribution in [0, 0.1) is 0 Å². The molecule has 0 atom stereocenters. The molecule has 0 aliphatic carbocycles. The van der Waals surface area contributed by atoms with E-state index < -0.39 is 0 Å². The lowest BCUT2D eigenvalue weighted by Gasteiger charge is -2.14. The Morgan fingerprint density at radius 1 is 0.348 bits per heavy atom. The molecule has 0 saturated heterocycles. The molecular weight excluding hydrogens is 575 g/mol. The molecule has 9 rings (SSSR count). The summed E-state index contributed by atoms with van der Waals surface area (Å²) in [7, 11) is 0. The van der Waals surface area contributed by atoms with Gasteiger partial charge in [0.05, 0.1) is 11.0 Å². The molecule has 9 aromatic rings. The van der Waals surface area contributed by atoms with E-state index in [2.05, 4.69) is 180 Å². The Hall–Kier alpha value is -5.70. The van der Waals surface area contributed by atoms with Crippen LogP contribution in [0.5, 0.6) is 0 Å². The van der Waals surface area contributed by atoms with E-state index in [0.29, 0.717) is 0 Å². The van der Waals surface area contributed by atoms with Crippen LogP contribution in [0.1, 0.15) is 0 Å². The van der Waals surface area contributed by atoms with Crippen LogP contribution in [0.15, 0.2) is 175 Å². The van der Waals surface area contributed by atoms with Crippen molar-refractivity contribution in [3.8, 4) is 50.2 Å². The minimum Gasteiger partial charge on any atom is -0.309 e. The van der Waals surface area contributed by atoms with E-state index in [4.69, 9.17) is 0 Å². The van der Waals surface area contributed by atoms with Crippen molar-refractivity contribution in [1.29, 1.82) is 0 Å². The van der Waals surface area contributed by atoms with Crippen LogP contribution in [0.25, 0.3) is 82.1 Å². The van der Waals surface area contributed by atoms with Crippen LogP contribution in [0.3, 0.4) is 0 Å². The standard InChI is InChI=1S/C44H29NS/c1-4-10-30(11-5-1)33-16-18-34(19-17-33)35-20-22-42-41(29-35)39-21-23-43-40(24-25-46-43)44(39)45(42)38-27-36(31-12-6-2-7-13-31)26-37(28-38)32-14-8-3-9-15-32/h1-29H. The third kappa shape index (κ3) is 4.54. The van der Waals surface area contributed by atoms with Crippen molar-refractivity contribution in [2.24, 2.45) is 0 Å². The SMILES string of the molecule is c1ccc(-c2ccc(-c3ccc4c(c3)c3ccc5sccc5c3n4-c3cc(-c4ccccc4)cc(-c4ccccc4)c3)cc2)cc1. The van der Waals surface area contributed by atoms with Gasteiger partial charge in [0.2, 0.25) is 0 Å². The molecule has 0 saturated carbocycles. The molecular formula is C44H29NS. The summed E-state index contributed by atoms with van der Waals surface area (Å²) in [6, 6.07) is 61.8. The molecule has 7 aromatic carbocycles. The highest BCUT2D eigenvalue weighted by Gasteiger charge is 2.18. The lowest BCUT2D eigenvalue weighted by molar-refractivity contribution is 1.19. The predicted octanol–water partition coefficient (Wildman–Crippen LogP) is 12.7. The number of thiophene rings is 1. The first-order valence-corrected chi connectivity index (χ1v) is 16.5. The van der Waals surface area contributed by atoms with Crippen molar-refractivity contribution in [1.82, 2.24) is 4.57 Å². The molecule has 0 aliphatic heterocycles. The maximum Gasteiger partial charge on any atom is 0.0627 e. The van der Waals surface area contributed by atoms with E-state index in [0.717, 1.165) is 0 Å². The molecule has 0 fully saturated rings. The molecule has 2 heterocycles. The Kier molecular flexibility index (Phi) is 6.40. The Morgan fingerprint density at radius 2 is 0.870 bits per heavy atom. The number of fused-ring (bicyclic) bond motifs is 5. The van der Waals surface area contributed by atoms with Gasteiger partial charge in [-0.1, -0.05) is 127 Å². The lowest BCUT2D eigenvalue weighted by Crippen LogP contribution is -1.96. The predicted molar refractivity (Wildman–Crippen MR) is 198 cm³/mol. The van der Waals surface area contributed by atoms with Crippen molar-refractivity contribution in [3.63, 3.8) is 0 Å². The molecule has 0 spiro atoms. The van der Waals surface area contributed by atoms with Crippen molar-refractivity contribution in [2.45, 2.75) is 0 Å². The fraction of sp³-hybridized carbons (Fsp3) is 0. The largest absolute Gasteiger partial charge is 0.309 e. The van der Waals surface area contributed by atoms with Crippen LogP contribution < -0.4 is 0 Å². The number of hydrogen-bond donors (Lipinski definition) is 0. The van der Waals surface area contributed by atoms with Crippen LogP contribution in [-0.2, 0) is 0 Å². The quantitative estimate of drug-likeness (QED) is 0.184. The molecule has 1 nitrogen and oxygen atoms in total. The van der Waals surface area contributed by atoms with Gasteiger partial charge in [0.15, 0.2) is 0 Å². The van der Waals surface area contributed by atoms with Gasteiger partial charge in [-0.25, -0.2) is 0 Å². The summed E-state index contributed by atoms with van der Waals surface area (Å²) in [6.07, 6.45) is 0. The summed E-state index contributed by atoms with van der Waals surface area (Å²) in [5.41, 5.74) is 13.4. The first-order valence-electron chi connectivity index (χ1n) is 15.7. The van der Waals surface area contributed by atoms with Crippen LogP contribution >= 0.6 is 11.3 Å². The zero-order valence-electron chi connectivity index (χ0n) is 25.1. The number of aromatic nitrogens is 1. The summed E-state index contributed by atoms with van der Waals surface area (Å²) >= 11 is 1.80. The van der Waals surface area contributed by atoms with Gasteiger partial charge in [-0.15, -0.1) is 11.3 Å². The average Bonchev–Trinajstić information content (AvgIpc) is 3.75. The molecule has 0 radical (unpaired) electrons. The monoisotopic (exact) mass is 603 g/mol. The minimum atomic E-state index is 1.17. The molecule has 0 aliphatic rings. The summed E-state index contributed by atoms with van der Waals surface area (Å²) < 4.78 is 3.79.